The van der Waals surface area contributed by atoms with Crippen molar-refractivity contribution in [1.29, 1.82) is 0 Å². The molecule has 8 heteroatoms. The number of ether oxygens (including phenoxy) is 1. The van der Waals surface area contributed by atoms with Gasteiger partial charge in [-0.3, -0.25) is 9.69 Å². The molecule has 0 aliphatic carbocycles. The molecule has 1 aliphatic rings. The van der Waals surface area contributed by atoms with E-state index in [0.717, 1.165) is 54.9 Å². The van der Waals surface area contributed by atoms with E-state index in [0.29, 0.717) is 21.0 Å². The van der Waals surface area contributed by atoms with Gasteiger partial charge in [-0.05, 0) is 50.2 Å². The zero-order chi connectivity index (χ0) is 22.8. The smallest absolute Gasteiger partial charge is 0.350 e. The summed E-state index contributed by atoms with van der Waals surface area (Å²) < 4.78 is 4.98. The summed E-state index contributed by atoms with van der Waals surface area (Å²) in [7, 11) is 3.48. The molecule has 0 saturated carbocycles. The van der Waals surface area contributed by atoms with Gasteiger partial charge in [-0.1, -0.05) is 12.1 Å². The maximum absolute atomic E-state index is 13.1. The number of hydrogen-bond donors (Lipinski definition) is 1. The highest BCUT2D eigenvalue weighted by Gasteiger charge is 2.23. The number of pyridine rings is 1. The van der Waals surface area contributed by atoms with Crippen molar-refractivity contribution in [2.75, 3.05) is 45.7 Å². The van der Waals surface area contributed by atoms with Crippen molar-refractivity contribution in [3.63, 3.8) is 0 Å². The Balaban J connectivity index is 1.65. The summed E-state index contributed by atoms with van der Waals surface area (Å²) in [6.07, 6.45) is 0. The monoisotopic (exact) mass is 452 g/mol. The molecule has 32 heavy (non-hydrogen) atoms. The predicted octanol–water partition coefficient (Wildman–Crippen LogP) is 3.70. The summed E-state index contributed by atoms with van der Waals surface area (Å²) in [5, 5.41) is 3.70. The van der Waals surface area contributed by atoms with E-state index in [2.05, 4.69) is 22.2 Å². The predicted molar refractivity (Wildman–Crippen MR) is 128 cm³/mol. The Labute approximate surface area is 192 Å². The van der Waals surface area contributed by atoms with Crippen LogP contribution in [0.25, 0.3) is 10.2 Å². The van der Waals surface area contributed by atoms with Crippen LogP contribution < -0.4 is 5.32 Å². The Morgan fingerprint density at radius 3 is 2.59 bits per heavy atom. The van der Waals surface area contributed by atoms with Crippen molar-refractivity contribution < 1.29 is 14.3 Å². The third-order valence-corrected chi connectivity index (χ3v) is 7.13. The number of hydrogen-bond acceptors (Lipinski definition) is 7. The molecule has 3 heterocycles. The van der Waals surface area contributed by atoms with Crippen LogP contribution in [0.1, 0.15) is 36.9 Å². The number of esters is 1. The van der Waals surface area contributed by atoms with Crippen molar-refractivity contribution in [2.24, 2.45) is 0 Å². The van der Waals surface area contributed by atoms with E-state index < -0.39 is 5.97 Å². The van der Waals surface area contributed by atoms with Gasteiger partial charge in [0.15, 0.2) is 0 Å². The number of nitrogens with zero attached hydrogens (tertiary/aromatic N) is 3. The Morgan fingerprint density at radius 2 is 1.88 bits per heavy atom. The minimum atomic E-state index is -0.482. The molecule has 168 valence electrons. The zero-order valence-electron chi connectivity index (χ0n) is 18.9. The number of anilines is 1. The molecule has 3 aromatic rings. The second kappa shape index (κ2) is 9.36. The number of nitrogens with one attached hydrogen (secondary N) is 1. The molecule has 1 aromatic carbocycles. The van der Waals surface area contributed by atoms with Gasteiger partial charge < -0.3 is 15.0 Å². The summed E-state index contributed by atoms with van der Waals surface area (Å²) in [5.41, 5.74) is 3.95. The lowest BCUT2D eigenvalue weighted by Crippen LogP contribution is -2.43. The highest BCUT2D eigenvalue weighted by atomic mass is 32.1. The normalized spacial score (nSPS) is 15.1. The minimum Gasteiger partial charge on any atom is -0.465 e. The Morgan fingerprint density at radius 1 is 1.12 bits per heavy atom. The van der Waals surface area contributed by atoms with Crippen LogP contribution in [0.5, 0.6) is 0 Å². The van der Waals surface area contributed by atoms with Crippen molar-refractivity contribution in [3.05, 3.63) is 57.6 Å². The van der Waals surface area contributed by atoms with Crippen LogP contribution >= 0.6 is 11.3 Å². The van der Waals surface area contributed by atoms with Gasteiger partial charge in [-0.15, -0.1) is 11.3 Å². The van der Waals surface area contributed by atoms with Crippen molar-refractivity contribution in [1.82, 2.24) is 14.8 Å². The summed E-state index contributed by atoms with van der Waals surface area (Å²) in [6, 6.07) is 9.53. The topological polar surface area (TPSA) is 74.8 Å². The zero-order valence-corrected chi connectivity index (χ0v) is 19.7. The number of methoxy groups -OCH3 is 1. The lowest BCUT2D eigenvalue weighted by Gasteiger charge is -2.32. The molecule has 0 spiro atoms. The third-order valence-electron chi connectivity index (χ3n) is 6.05. The van der Waals surface area contributed by atoms with E-state index in [9.17, 15) is 9.59 Å². The summed E-state index contributed by atoms with van der Waals surface area (Å²) in [6.45, 7) is 8.75. The molecule has 1 aliphatic heterocycles. The SMILES string of the molecule is COC(=O)c1sc2nc(CN3CCN(C)CC3)ccc2c1NC(=O)c1cccc(C)c1C. The van der Waals surface area contributed by atoms with Gasteiger partial charge in [0.2, 0.25) is 0 Å². The lowest BCUT2D eigenvalue weighted by atomic mass is 10.0. The van der Waals surface area contributed by atoms with Gasteiger partial charge >= 0.3 is 5.97 Å². The number of thiophene rings is 1. The Bertz CT molecular complexity index is 1170. The van der Waals surface area contributed by atoms with Crippen molar-refractivity contribution >= 4 is 39.1 Å². The van der Waals surface area contributed by atoms with Gasteiger partial charge in [0.25, 0.3) is 5.91 Å². The van der Waals surface area contributed by atoms with E-state index in [1.165, 1.54) is 18.4 Å². The number of amides is 1. The maximum Gasteiger partial charge on any atom is 0.350 e. The number of aryl methyl sites for hydroxylation is 1. The molecule has 0 bridgehead atoms. The van der Waals surface area contributed by atoms with Gasteiger partial charge in [-0.2, -0.15) is 0 Å². The van der Waals surface area contributed by atoms with Crippen molar-refractivity contribution in [2.45, 2.75) is 20.4 Å². The number of carbonyl (C=O) groups is 2. The summed E-state index contributed by atoms with van der Waals surface area (Å²) in [4.78, 5) is 36.1. The van der Waals surface area contributed by atoms with Crippen LogP contribution in [-0.4, -0.2) is 67.0 Å². The van der Waals surface area contributed by atoms with E-state index in [4.69, 9.17) is 9.72 Å². The first kappa shape index (κ1) is 22.4. The molecular weight excluding hydrogens is 424 g/mol. The average molecular weight is 453 g/mol. The summed E-state index contributed by atoms with van der Waals surface area (Å²) >= 11 is 1.25. The van der Waals surface area contributed by atoms with Crippen LogP contribution in [-0.2, 0) is 11.3 Å². The largest absolute Gasteiger partial charge is 0.465 e. The van der Waals surface area contributed by atoms with Gasteiger partial charge in [-0.25, -0.2) is 9.78 Å². The van der Waals surface area contributed by atoms with Gasteiger partial charge in [0.05, 0.1) is 18.5 Å². The van der Waals surface area contributed by atoms with Crippen LogP contribution in [0, 0.1) is 13.8 Å². The first-order valence-electron chi connectivity index (χ1n) is 10.7. The van der Waals surface area contributed by atoms with E-state index >= 15 is 0 Å². The molecule has 2 aromatic heterocycles. The quantitative estimate of drug-likeness (QED) is 0.595. The Hall–Kier alpha value is -2.81. The molecule has 7 nitrogen and oxygen atoms in total. The molecule has 1 amide bonds. The van der Waals surface area contributed by atoms with Crippen molar-refractivity contribution in [3.8, 4) is 0 Å². The maximum atomic E-state index is 13.1. The Kier molecular flexibility index (Phi) is 6.55. The van der Waals surface area contributed by atoms with Gasteiger partial charge in [0, 0.05) is 43.7 Å². The lowest BCUT2D eigenvalue weighted by molar-refractivity contribution is 0.0607. The van der Waals surface area contributed by atoms with Crippen LogP contribution in [0.15, 0.2) is 30.3 Å². The molecule has 1 fully saturated rings. The number of aromatic nitrogens is 1. The number of likely N-dealkylation sites (N-methyl/N-ethyl adjacent to an activating group) is 1. The fraction of sp³-hybridized carbons (Fsp3) is 0.375. The molecule has 1 saturated heterocycles. The van der Waals surface area contributed by atoms with E-state index in [1.807, 2.05) is 38.1 Å². The first-order valence-corrected chi connectivity index (χ1v) is 11.5. The molecule has 0 radical (unpaired) electrons. The number of benzene rings is 1. The second-order valence-electron chi connectivity index (χ2n) is 8.23. The first-order chi connectivity index (χ1) is 15.4. The number of piperazine rings is 1. The average Bonchev–Trinajstić information content (AvgIpc) is 3.14. The van der Waals surface area contributed by atoms with Crippen LogP contribution in [0.3, 0.4) is 0 Å². The van der Waals surface area contributed by atoms with Crippen LogP contribution in [0.4, 0.5) is 5.69 Å². The standard InChI is InChI=1S/C24H28N4O3S/c1-15-6-5-7-18(16(15)2)22(29)26-20-19-9-8-17(14-28-12-10-27(3)11-13-28)25-23(19)32-21(20)24(30)31-4/h5-9H,10-14H2,1-4H3,(H,26,29). The van der Waals surface area contributed by atoms with E-state index in [-0.39, 0.29) is 5.91 Å². The molecule has 0 atom stereocenters. The highest BCUT2D eigenvalue weighted by Crippen LogP contribution is 2.36. The molecule has 1 N–H and O–H groups in total. The molecular formula is C24H28N4O3S. The van der Waals surface area contributed by atoms with Gasteiger partial charge in [0.1, 0.15) is 9.71 Å². The fourth-order valence-electron chi connectivity index (χ4n) is 3.88. The number of rotatable bonds is 5. The highest BCUT2D eigenvalue weighted by molar-refractivity contribution is 7.21. The van der Waals surface area contributed by atoms with E-state index in [1.54, 1.807) is 6.07 Å². The fourth-order valence-corrected chi connectivity index (χ4v) is 4.94. The summed E-state index contributed by atoms with van der Waals surface area (Å²) in [5.74, 6) is -0.734. The number of fused-ring (bicyclic) bond motifs is 1. The third kappa shape index (κ3) is 4.53. The number of carbonyl (C=O) groups excluding carboxylic acids is 2. The second-order valence-corrected chi connectivity index (χ2v) is 9.23. The van der Waals surface area contributed by atoms with Crippen LogP contribution in [0.2, 0.25) is 0 Å². The molecule has 0 unspecified atom stereocenters. The molecule has 4 rings (SSSR count). The minimum absolute atomic E-state index is 0.252.